The topological polar surface area (TPSA) is 127 Å². The summed E-state index contributed by atoms with van der Waals surface area (Å²) in [5, 5.41) is 45.1. The van der Waals surface area contributed by atoms with Crippen molar-refractivity contribution in [1.82, 2.24) is 0 Å². The molecule has 0 amide bonds. The Labute approximate surface area is 91.9 Å². The first-order valence-electron chi connectivity index (χ1n) is 4.40. The molecular weight excluding hydrogens is 220 g/mol. The zero-order valence-electron chi connectivity index (χ0n) is 8.35. The number of esters is 1. The van der Waals surface area contributed by atoms with Crippen LogP contribution in [0.5, 0.6) is 0 Å². The van der Waals surface area contributed by atoms with Crippen LogP contribution >= 0.6 is 0 Å². The first-order valence-corrected chi connectivity index (χ1v) is 4.40. The highest BCUT2D eigenvalue weighted by molar-refractivity contribution is 5.87. The van der Waals surface area contributed by atoms with Crippen LogP contribution in [0.3, 0.4) is 0 Å². The van der Waals surface area contributed by atoms with E-state index in [9.17, 15) is 20.1 Å². The molecule has 0 aliphatic carbocycles. The minimum atomic E-state index is -1.77. The van der Waals surface area contributed by atoms with Crippen LogP contribution in [-0.4, -0.2) is 69.1 Å². The summed E-state index contributed by atoms with van der Waals surface area (Å²) in [6.45, 7) is -1.41. The number of rotatable bonds is 6. The average Bonchev–Trinajstić information content (AvgIpc) is 2.32. The molecule has 0 radical (unpaired) electrons. The van der Waals surface area contributed by atoms with Gasteiger partial charge in [-0.1, -0.05) is 0 Å². The van der Waals surface area contributed by atoms with E-state index in [1.165, 1.54) is 0 Å². The maximum absolute atomic E-state index is 10.5. The predicted octanol–water partition coefficient (Wildman–Crippen LogP) is -3.40. The SMILES string of the molecule is C#CC(=O)OC[C@@H](O)[C@@H](O)[C@H](O)[C@@H](O)CO. The highest BCUT2D eigenvalue weighted by atomic mass is 16.5. The van der Waals surface area contributed by atoms with Gasteiger partial charge in [0.05, 0.1) is 6.61 Å². The summed E-state index contributed by atoms with van der Waals surface area (Å²) in [5.41, 5.74) is 0. The maximum atomic E-state index is 10.5. The highest BCUT2D eigenvalue weighted by Gasteiger charge is 2.30. The Balaban J connectivity index is 4.13. The molecule has 0 saturated carbocycles. The molecular formula is C9H14O7. The van der Waals surface area contributed by atoms with Crippen LogP contribution in [0.4, 0.5) is 0 Å². The molecule has 4 atom stereocenters. The highest BCUT2D eigenvalue weighted by Crippen LogP contribution is 2.05. The Bertz CT molecular complexity index is 259. The van der Waals surface area contributed by atoms with Gasteiger partial charge in [0, 0.05) is 5.92 Å². The summed E-state index contributed by atoms with van der Waals surface area (Å²) < 4.78 is 4.30. The molecule has 5 N–H and O–H groups in total. The number of terminal acetylenes is 1. The van der Waals surface area contributed by atoms with Gasteiger partial charge in [0.15, 0.2) is 0 Å². The van der Waals surface area contributed by atoms with Crippen molar-refractivity contribution in [1.29, 1.82) is 0 Å². The van der Waals surface area contributed by atoms with Crippen LogP contribution in [0, 0.1) is 12.3 Å². The summed E-state index contributed by atoms with van der Waals surface area (Å²) in [4.78, 5) is 10.5. The smallest absolute Gasteiger partial charge is 0.384 e. The Morgan fingerprint density at radius 2 is 1.69 bits per heavy atom. The van der Waals surface area contributed by atoms with Gasteiger partial charge in [0.25, 0.3) is 0 Å². The lowest BCUT2D eigenvalue weighted by molar-refractivity contribution is -0.150. The predicted molar refractivity (Wildman–Crippen MR) is 50.9 cm³/mol. The minimum absolute atomic E-state index is 0.626. The van der Waals surface area contributed by atoms with Gasteiger partial charge < -0.3 is 30.3 Å². The summed E-state index contributed by atoms with van der Waals surface area (Å²) in [5.74, 6) is 0.592. The zero-order valence-corrected chi connectivity index (χ0v) is 8.35. The molecule has 0 aromatic carbocycles. The summed E-state index contributed by atoms with van der Waals surface area (Å²) in [6, 6.07) is 0. The number of aliphatic hydroxyl groups excluding tert-OH is 5. The van der Waals surface area contributed by atoms with E-state index in [0.29, 0.717) is 0 Å². The fourth-order valence-corrected chi connectivity index (χ4v) is 0.865. The molecule has 0 fully saturated rings. The third-order valence-electron chi connectivity index (χ3n) is 1.83. The van der Waals surface area contributed by atoms with Crippen LogP contribution in [0.15, 0.2) is 0 Å². The van der Waals surface area contributed by atoms with Crippen LogP contribution in [0.25, 0.3) is 0 Å². The number of hydrogen-bond donors (Lipinski definition) is 5. The number of carbonyl (C=O) groups excluding carboxylic acids is 1. The first kappa shape index (κ1) is 14.8. The third-order valence-corrected chi connectivity index (χ3v) is 1.83. The van der Waals surface area contributed by atoms with Gasteiger partial charge in [0.2, 0.25) is 0 Å². The third kappa shape index (κ3) is 4.57. The standard InChI is InChI=1S/C9H14O7/c1-2-7(13)16-4-6(12)9(15)8(14)5(11)3-10/h1,5-6,8-12,14-15H,3-4H2/t5-,6+,8+,9+/m0/s1. The molecule has 0 aromatic rings. The van der Waals surface area contributed by atoms with Crippen molar-refractivity contribution >= 4 is 5.97 Å². The molecule has 0 rings (SSSR count). The lowest BCUT2D eigenvalue weighted by atomic mass is 10.0. The van der Waals surface area contributed by atoms with E-state index in [0.717, 1.165) is 0 Å². The molecule has 92 valence electrons. The minimum Gasteiger partial charge on any atom is -0.453 e. The molecule has 0 aromatic heterocycles. The second-order valence-corrected chi connectivity index (χ2v) is 3.04. The van der Waals surface area contributed by atoms with Crippen LogP contribution in [0.1, 0.15) is 0 Å². The summed E-state index contributed by atoms with van der Waals surface area (Å²) in [6.07, 6.45) is -2.08. The van der Waals surface area contributed by atoms with Gasteiger partial charge in [-0.25, -0.2) is 4.79 Å². The van der Waals surface area contributed by atoms with Gasteiger partial charge in [-0.05, 0) is 0 Å². The first-order chi connectivity index (χ1) is 7.43. The van der Waals surface area contributed by atoms with E-state index in [1.54, 1.807) is 5.92 Å². The van der Waals surface area contributed by atoms with Crippen LogP contribution in [0.2, 0.25) is 0 Å². The molecule has 0 bridgehead atoms. The molecule has 0 aliphatic heterocycles. The van der Waals surface area contributed by atoms with Crippen LogP contribution in [-0.2, 0) is 9.53 Å². The Hall–Kier alpha value is -1.17. The number of hydrogen-bond acceptors (Lipinski definition) is 7. The van der Waals surface area contributed by atoms with E-state index in [-0.39, 0.29) is 0 Å². The van der Waals surface area contributed by atoms with E-state index in [4.69, 9.17) is 10.2 Å². The maximum Gasteiger partial charge on any atom is 0.384 e. The second-order valence-electron chi connectivity index (χ2n) is 3.04. The Morgan fingerprint density at radius 3 is 2.12 bits per heavy atom. The number of aliphatic hydroxyl groups is 5. The molecule has 0 heterocycles. The lowest BCUT2D eigenvalue weighted by Gasteiger charge is -2.24. The molecule has 7 heteroatoms. The van der Waals surface area contributed by atoms with Crippen LogP contribution < -0.4 is 0 Å². The number of carbonyl (C=O) groups is 1. The molecule has 0 unspecified atom stereocenters. The van der Waals surface area contributed by atoms with Gasteiger partial charge in [-0.3, -0.25) is 0 Å². The molecule has 0 aliphatic rings. The fraction of sp³-hybridized carbons (Fsp3) is 0.667. The Morgan fingerprint density at radius 1 is 1.19 bits per heavy atom. The Kier molecular flexibility index (Phi) is 6.64. The van der Waals surface area contributed by atoms with Crippen molar-refractivity contribution < 1.29 is 35.1 Å². The summed E-state index contributed by atoms with van der Waals surface area (Å²) in [7, 11) is 0. The summed E-state index contributed by atoms with van der Waals surface area (Å²) >= 11 is 0. The van der Waals surface area contributed by atoms with Gasteiger partial charge >= 0.3 is 5.97 Å². The molecule has 0 spiro atoms. The number of ether oxygens (including phenoxy) is 1. The lowest BCUT2D eigenvalue weighted by Crippen LogP contribution is -2.47. The quantitative estimate of drug-likeness (QED) is 0.184. The van der Waals surface area contributed by atoms with Gasteiger partial charge in [-0.15, -0.1) is 6.42 Å². The molecule has 7 nitrogen and oxygen atoms in total. The normalized spacial score (nSPS) is 18.0. The van der Waals surface area contributed by atoms with Crippen molar-refractivity contribution in [3.8, 4) is 12.3 Å². The van der Waals surface area contributed by atoms with E-state index < -0.39 is 43.6 Å². The molecule has 0 saturated heterocycles. The second kappa shape index (κ2) is 7.16. The molecule has 16 heavy (non-hydrogen) atoms. The zero-order chi connectivity index (χ0) is 12.7. The van der Waals surface area contributed by atoms with E-state index >= 15 is 0 Å². The van der Waals surface area contributed by atoms with Crippen molar-refractivity contribution in [2.75, 3.05) is 13.2 Å². The van der Waals surface area contributed by atoms with E-state index in [1.807, 2.05) is 0 Å². The fourth-order valence-electron chi connectivity index (χ4n) is 0.865. The van der Waals surface area contributed by atoms with Crippen molar-refractivity contribution in [3.05, 3.63) is 0 Å². The average molecular weight is 234 g/mol. The van der Waals surface area contributed by atoms with Crippen molar-refractivity contribution in [3.63, 3.8) is 0 Å². The van der Waals surface area contributed by atoms with Gasteiger partial charge in [0.1, 0.15) is 31.0 Å². The van der Waals surface area contributed by atoms with Gasteiger partial charge in [-0.2, -0.15) is 0 Å². The largest absolute Gasteiger partial charge is 0.453 e. The van der Waals surface area contributed by atoms with E-state index in [2.05, 4.69) is 11.2 Å². The van der Waals surface area contributed by atoms with Crippen molar-refractivity contribution in [2.45, 2.75) is 24.4 Å². The van der Waals surface area contributed by atoms with Crippen molar-refractivity contribution in [2.24, 2.45) is 0 Å². The monoisotopic (exact) mass is 234 g/mol.